The molecule has 4 N–H and O–H groups in total. The number of carbonyl (C=O) groups is 4. The van der Waals surface area contributed by atoms with Crippen molar-refractivity contribution in [2.75, 3.05) is 13.1 Å². The topological polar surface area (TPSA) is 137 Å². The van der Waals surface area contributed by atoms with Crippen LogP contribution in [0.4, 0.5) is 0 Å². The molecule has 3 heterocycles. The van der Waals surface area contributed by atoms with Crippen molar-refractivity contribution in [1.82, 2.24) is 20.9 Å². The minimum absolute atomic E-state index is 0.142. The van der Waals surface area contributed by atoms with E-state index in [1.807, 2.05) is 42.5 Å². The van der Waals surface area contributed by atoms with E-state index < -0.39 is 36.3 Å². The van der Waals surface area contributed by atoms with E-state index in [1.165, 1.54) is 4.90 Å². The number of carbonyl (C=O) groups excluding carboxylic acids is 4. The first-order chi connectivity index (χ1) is 17.4. The fourth-order valence-electron chi connectivity index (χ4n) is 5.08. The zero-order valence-electron chi connectivity index (χ0n) is 19.6. The number of rotatable bonds is 4. The summed E-state index contributed by atoms with van der Waals surface area (Å²) in [6.45, 7) is 0.705. The van der Waals surface area contributed by atoms with Crippen molar-refractivity contribution in [3.05, 3.63) is 60.2 Å². The molecule has 3 aliphatic rings. The number of nitrogens with zero attached hydrogens (tertiary/aromatic N) is 1. The van der Waals surface area contributed by atoms with Crippen LogP contribution in [-0.2, 0) is 19.1 Å². The van der Waals surface area contributed by atoms with Gasteiger partial charge in [0.15, 0.2) is 0 Å². The Hall–Kier alpha value is -3.76. The number of cyclic esters (lactones) is 1. The maximum atomic E-state index is 13.8. The number of hydrogen-bond donors (Lipinski definition) is 4. The first-order valence-corrected chi connectivity index (χ1v) is 12.1. The molecule has 0 aromatic heterocycles. The van der Waals surface area contributed by atoms with E-state index in [1.54, 1.807) is 12.1 Å². The van der Waals surface area contributed by atoms with E-state index in [0.717, 1.165) is 10.8 Å². The Morgan fingerprint density at radius 1 is 1.00 bits per heavy atom. The molecule has 0 spiro atoms. The summed E-state index contributed by atoms with van der Waals surface area (Å²) in [5.41, 5.74) is 0.470. The van der Waals surface area contributed by atoms with Gasteiger partial charge in [-0.2, -0.15) is 0 Å². The molecule has 3 amide bonds. The monoisotopic (exact) mass is 492 g/mol. The quantitative estimate of drug-likeness (QED) is 0.354. The van der Waals surface area contributed by atoms with E-state index >= 15 is 0 Å². The maximum absolute atomic E-state index is 13.8. The highest BCUT2D eigenvalue weighted by atomic mass is 16.6. The number of hydrogen-bond acceptors (Lipinski definition) is 7. The van der Waals surface area contributed by atoms with Crippen LogP contribution in [0.2, 0.25) is 0 Å². The normalized spacial score (nSPS) is 28.1. The molecule has 10 heteroatoms. The Morgan fingerprint density at radius 3 is 2.58 bits per heavy atom. The molecular weight excluding hydrogens is 464 g/mol. The second-order valence-electron chi connectivity index (χ2n) is 9.27. The second-order valence-corrected chi connectivity index (χ2v) is 9.27. The lowest BCUT2D eigenvalue weighted by Crippen LogP contribution is -2.67. The molecule has 5 rings (SSSR count). The van der Waals surface area contributed by atoms with Crippen molar-refractivity contribution < 1.29 is 29.0 Å². The van der Waals surface area contributed by atoms with E-state index in [9.17, 15) is 24.3 Å². The molecule has 36 heavy (non-hydrogen) atoms. The molecule has 5 atom stereocenters. The van der Waals surface area contributed by atoms with Crippen LogP contribution in [-0.4, -0.2) is 77.2 Å². The molecule has 188 valence electrons. The Kier molecular flexibility index (Phi) is 6.71. The molecule has 10 nitrogen and oxygen atoms in total. The van der Waals surface area contributed by atoms with Gasteiger partial charge in [0.25, 0.3) is 5.91 Å². The Morgan fingerprint density at radius 2 is 1.78 bits per heavy atom. The zero-order valence-corrected chi connectivity index (χ0v) is 19.6. The van der Waals surface area contributed by atoms with Gasteiger partial charge in [0.1, 0.15) is 18.1 Å². The van der Waals surface area contributed by atoms with Gasteiger partial charge >= 0.3 is 5.97 Å². The molecule has 0 bridgehead atoms. The van der Waals surface area contributed by atoms with Gasteiger partial charge in [0, 0.05) is 24.7 Å². The number of aliphatic hydroxyl groups excluding tert-OH is 1. The van der Waals surface area contributed by atoms with Crippen LogP contribution in [0.1, 0.15) is 29.6 Å². The lowest BCUT2D eigenvalue weighted by molar-refractivity contribution is -0.156. The first kappa shape index (κ1) is 24.0. The summed E-state index contributed by atoms with van der Waals surface area (Å²) < 4.78 is 4.71. The van der Waals surface area contributed by atoms with Gasteiger partial charge in [-0.25, -0.2) is 0 Å². The Bertz CT molecular complexity index is 1220. The molecule has 3 aliphatic heterocycles. The first-order valence-electron chi connectivity index (χ1n) is 12.1. The predicted molar refractivity (Wildman–Crippen MR) is 130 cm³/mol. The van der Waals surface area contributed by atoms with Gasteiger partial charge in [0.2, 0.25) is 18.1 Å². The maximum Gasteiger partial charge on any atom is 0.310 e. The lowest BCUT2D eigenvalue weighted by atomic mass is 9.97. The number of amides is 3. The number of fused-ring (bicyclic) bond motifs is 2. The number of esters is 1. The highest BCUT2D eigenvalue weighted by Crippen LogP contribution is 2.22. The van der Waals surface area contributed by atoms with Crippen molar-refractivity contribution in [1.29, 1.82) is 0 Å². The third-order valence-corrected chi connectivity index (χ3v) is 6.90. The number of piperazine rings is 1. The summed E-state index contributed by atoms with van der Waals surface area (Å²) >= 11 is 0. The van der Waals surface area contributed by atoms with Gasteiger partial charge in [-0.05, 0) is 29.7 Å². The number of aliphatic hydroxyl groups is 1. The molecule has 0 radical (unpaired) electrons. The number of ether oxygens (including phenoxy) is 1. The van der Waals surface area contributed by atoms with Crippen molar-refractivity contribution in [3.8, 4) is 0 Å². The minimum atomic E-state index is -1.42. The molecular formula is C26H28N4O6. The molecule has 2 unspecified atom stereocenters. The summed E-state index contributed by atoms with van der Waals surface area (Å²) in [6, 6.07) is 10.1. The van der Waals surface area contributed by atoms with Gasteiger partial charge in [0.05, 0.1) is 6.42 Å². The van der Waals surface area contributed by atoms with Crippen molar-refractivity contribution in [2.45, 2.75) is 49.7 Å². The number of benzene rings is 2. The average molecular weight is 493 g/mol. The van der Waals surface area contributed by atoms with Gasteiger partial charge in [-0.15, -0.1) is 0 Å². The fraction of sp³-hybridized carbons (Fsp3) is 0.385. The summed E-state index contributed by atoms with van der Waals surface area (Å²) in [6.07, 6.45) is 3.12. The van der Waals surface area contributed by atoms with Crippen LogP contribution < -0.4 is 16.0 Å². The molecule has 2 aromatic carbocycles. The van der Waals surface area contributed by atoms with E-state index in [2.05, 4.69) is 16.0 Å². The summed E-state index contributed by atoms with van der Waals surface area (Å²) in [5, 5.41) is 20.3. The van der Waals surface area contributed by atoms with Crippen LogP contribution in [0.5, 0.6) is 0 Å². The zero-order chi connectivity index (χ0) is 25.2. The summed E-state index contributed by atoms with van der Waals surface area (Å²) in [7, 11) is 0. The summed E-state index contributed by atoms with van der Waals surface area (Å²) in [5.74, 6) is -1.81. The van der Waals surface area contributed by atoms with Crippen molar-refractivity contribution in [2.24, 2.45) is 0 Å². The van der Waals surface area contributed by atoms with Crippen LogP contribution in [0, 0.1) is 0 Å². The van der Waals surface area contributed by atoms with Gasteiger partial charge < -0.3 is 30.7 Å². The van der Waals surface area contributed by atoms with Gasteiger partial charge in [-0.3, -0.25) is 19.2 Å². The van der Waals surface area contributed by atoms with Crippen molar-refractivity contribution in [3.63, 3.8) is 0 Å². The lowest BCUT2D eigenvalue weighted by Gasteiger charge is -2.44. The van der Waals surface area contributed by atoms with Gasteiger partial charge in [-0.1, -0.05) is 48.6 Å². The van der Waals surface area contributed by atoms with Crippen LogP contribution >= 0.6 is 0 Å². The fourth-order valence-corrected chi connectivity index (χ4v) is 5.08. The van der Waals surface area contributed by atoms with Crippen LogP contribution in [0.15, 0.2) is 54.6 Å². The Labute approximate surface area is 207 Å². The van der Waals surface area contributed by atoms with Crippen LogP contribution in [0.3, 0.4) is 0 Å². The molecule has 0 saturated carbocycles. The number of nitrogens with one attached hydrogen (secondary N) is 3. The third kappa shape index (κ3) is 4.69. The SMILES string of the molecule is O=C1CC(NC(=O)[C@@H]2CNC[C@@H]3CC=CC[C@H](NC(=O)c4cccc5ccccc45)C(=O)N32)C(O)O1. The van der Waals surface area contributed by atoms with E-state index in [4.69, 9.17) is 4.74 Å². The third-order valence-electron chi connectivity index (χ3n) is 6.90. The van der Waals surface area contributed by atoms with E-state index in [-0.39, 0.29) is 30.8 Å². The van der Waals surface area contributed by atoms with E-state index in [0.29, 0.717) is 24.9 Å². The second kappa shape index (κ2) is 10.1. The minimum Gasteiger partial charge on any atom is -0.434 e. The molecule has 0 aliphatic carbocycles. The average Bonchev–Trinajstić information content (AvgIpc) is 3.19. The summed E-state index contributed by atoms with van der Waals surface area (Å²) in [4.78, 5) is 53.2. The standard InChI is InChI=1S/C26H28N4O6/c31-22-12-20(26(35)36-22)29-24(33)21-14-27-13-16-8-2-4-11-19(25(34)30(16)21)28-23(32)18-10-5-7-15-6-1-3-9-17(15)18/h1-7,9-10,16,19-21,26-27,35H,8,11-14H2,(H,28,32)(H,29,33)/t16-,19-,20?,21-,26?/m0/s1. The highest BCUT2D eigenvalue weighted by Gasteiger charge is 2.43. The van der Waals surface area contributed by atoms with Crippen molar-refractivity contribution >= 4 is 34.5 Å². The highest BCUT2D eigenvalue weighted by molar-refractivity contribution is 6.08. The molecule has 2 aromatic rings. The Balaban J connectivity index is 1.37. The molecule has 2 fully saturated rings. The smallest absolute Gasteiger partial charge is 0.310 e. The predicted octanol–water partition coefficient (Wildman–Crippen LogP) is 0.207. The largest absolute Gasteiger partial charge is 0.434 e. The molecule has 2 saturated heterocycles. The van der Waals surface area contributed by atoms with Crippen LogP contribution in [0.25, 0.3) is 10.8 Å².